The molecule has 0 radical (unpaired) electrons. The van der Waals surface area contributed by atoms with Crippen molar-refractivity contribution in [2.75, 3.05) is 13.1 Å². The van der Waals surface area contributed by atoms with Gasteiger partial charge in [-0.1, -0.05) is 54.1 Å². The van der Waals surface area contributed by atoms with Crippen LogP contribution in [-0.4, -0.2) is 45.9 Å². The molecule has 3 unspecified atom stereocenters. The maximum Gasteiger partial charge on any atom is 0.234 e. The lowest BCUT2D eigenvalue weighted by atomic mass is 9.76. The van der Waals surface area contributed by atoms with Gasteiger partial charge in [0.05, 0.1) is 12.5 Å². The van der Waals surface area contributed by atoms with Gasteiger partial charge in [0.25, 0.3) is 0 Å². The highest BCUT2D eigenvalue weighted by molar-refractivity contribution is 7.80. The second kappa shape index (κ2) is 10.7. The van der Waals surface area contributed by atoms with E-state index in [2.05, 4.69) is 40.5 Å². The second-order valence-corrected chi connectivity index (χ2v) is 11.0. The van der Waals surface area contributed by atoms with Gasteiger partial charge in [-0.05, 0) is 79.9 Å². The minimum atomic E-state index is -0.130. The Morgan fingerprint density at radius 2 is 1.69 bits per heavy atom. The van der Waals surface area contributed by atoms with E-state index < -0.39 is 0 Å². The van der Waals surface area contributed by atoms with Crippen molar-refractivity contribution < 1.29 is 9.59 Å². The fourth-order valence-corrected chi connectivity index (χ4v) is 6.30. The highest BCUT2D eigenvalue weighted by Crippen LogP contribution is 2.35. The number of rotatable bonds is 5. The predicted molar refractivity (Wildman–Crippen MR) is 142 cm³/mol. The molecule has 0 aromatic heterocycles. The van der Waals surface area contributed by atoms with Crippen molar-refractivity contribution >= 4 is 40.7 Å². The first-order valence-corrected chi connectivity index (χ1v) is 13.5. The van der Waals surface area contributed by atoms with Crippen molar-refractivity contribution in [1.29, 1.82) is 0 Å². The van der Waals surface area contributed by atoms with E-state index in [1.165, 1.54) is 5.56 Å². The molecule has 0 bridgehead atoms. The molecular weight excluding hydrogens is 478 g/mol. The van der Waals surface area contributed by atoms with Crippen LogP contribution in [-0.2, 0) is 22.6 Å². The summed E-state index contributed by atoms with van der Waals surface area (Å²) in [6.07, 6.45) is 5.36. The van der Waals surface area contributed by atoms with E-state index >= 15 is 0 Å². The summed E-state index contributed by atoms with van der Waals surface area (Å²) < 4.78 is 0. The first kappa shape index (κ1) is 24.3. The van der Waals surface area contributed by atoms with Gasteiger partial charge >= 0.3 is 0 Å². The molecule has 0 spiro atoms. The summed E-state index contributed by atoms with van der Waals surface area (Å²) in [5, 5.41) is 4.52. The summed E-state index contributed by atoms with van der Waals surface area (Å²) in [5.74, 6) is 0.799. The summed E-state index contributed by atoms with van der Waals surface area (Å²) in [6, 6.07) is 18.1. The number of carbonyl (C=O) groups excluding carboxylic acids is 2. The molecule has 2 aliphatic heterocycles. The van der Waals surface area contributed by atoms with Gasteiger partial charge in [0, 0.05) is 30.1 Å². The number of fused-ring (bicyclic) bond motifs is 1. The number of hydrogen-bond acceptors (Lipinski definition) is 3. The summed E-state index contributed by atoms with van der Waals surface area (Å²) in [4.78, 5) is 30.4. The molecule has 7 heteroatoms. The number of thiocarbonyl (C=S) groups is 1. The molecule has 2 amide bonds. The largest absolute Gasteiger partial charge is 0.359 e. The van der Waals surface area contributed by atoms with E-state index in [4.69, 9.17) is 23.8 Å². The molecule has 3 aliphatic rings. The quantitative estimate of drug-likeness (QED) is 0.587. The molecule has 2 aromatic rings. The average Bonchev–Trinajstić information content (AvgIpc) is 2.88. The molecule has 2 saturated heterocycles. The third-order valence-electron chi connectivity index (χ3n) is 7.88. The summed E-state index contributed by atoms with van der Waals surface area (Å²) in [6.45, 7) is 2.10. The average molecular weight is 510 g/mol. The van der Waals surface area contributed by atoms with Crippen LogP contribution in [0.15, 0.2) is 54.6 Å². The monoisotopic (exact) mass is 509 g/mol. The number of carbonyl (C=O) groups is 2. The van der Waals surface area contributed by atoms with E-state index in [0.29, 0.717) is 29.0 Å². The molecule has 5 rings (SSSR count). The molecule has 2 aromatic carbocycles. The van der Waals surface area contributed by atoms with E-state index in [9.17, 15) is 9.59 Å². The zero-order chi connectivity index (χ0) is 24.4. The van der Waals surface area contributed by atoms with Crippen molar-refractivity contribution in [1.82, 2.24) is 15.1 Å². The fraction of sp³-hybridized carbons (Fsp3) is 0.464. The maximum atomic E-state index is 13.3. The lowest BCUT2D eigenvalue weighted by Crippen LogP contribution is -2.61. The summed E-state index contributed by atoms with van der Waals surface area (Å²) >= 11 is 11.6. The van der Waals surface area contributed by atoms with Gasteiger partial charge < -0.3 is 10.2 Å². The molecule has 3 atom stereocenters. The van der Waals surface area contributed by atoms with Crippen LogP contribution in [0, 0.1) is 17.8 Å². The van der Waals surface area contributed by atoms with Crippen LogP contribution in [0.5, 0.6) is 0 Å². The molecule has 184 valence electrons. The highest BCUT2D eigenvalue weighted by Gasteiger charge is 2.44. The summed E-state index contributed by atoms with van der Waals surface area (Å²) in [7, 11) is 0. The van der Waals surface area contributed by atoms with Crippen molar-refractivity contribution in [3.63, 3.8) is 0 Å². The van der Waals surface area contributed by atoms with Crippen LogP contribution in [0.1, 0.15) is 43.2 Å². The number of piperidine rings is 1. The number of likely N-dealkylation sites (tertiary alicyclic amines) is 1. The van der Waals surface area contributed by atoms with Gasteiger partial charge in [0.15, 0.2) is 5.11 Å². The SMILES string of the molecule is O=C(C1CCC2C(=O)N(Cc3ccc(Cl)cc3)C(=S)NC2C1)N1CCC(Cc2ccccc2)CC1. The third kappa shape index (κ3) is 5.54. The Morgan fingerprint density at radius 1 is 0.971 bits per heavy atom. The van der Waals surface area contributed by atoms with Crippen LogP contribution >= 0.6 is 23.8 Å². The molecule has 35 heavy (non-hydrogen) atoms. The standard InChI is InChI=1S/C28H32ClN3O2S/c29-23-9-6-21(7-10-23)18-32-27(34)24-11-8-22(17-25(24)30-28(32)35)26(33)31-14-12-20(13-15-31)16-19-4-2-1-3-5-19/h1-7,9-10,20,22,24-25H,8,11-18H2,(H,30,35). The first-order chi connectivity index (χ1) is 17.0. The smallest absolute Gasteiger partial charge is 0.234 e. The van der Waals surface area contributed by atoms with E-state index in [0.717, 1.165) is 50.8 Å². The number of benzene rings is 2. The van der Waals surface area contributed by atoms with Gasteiger partial charge in [-0.15, -0.1) is 0 Å². The lowest BCUT2D eigenvalue weighted by molar-refractivity contribution is -0.142. The molecule has 5 nitrogen and oxygen atoms in total. The van der Waals surface area contributed by atoms with Gasteiger partial charge in [0.1, 0.15) is 0 Å². The fourth-order valence-electron chi connectivity index (χ4n) is 5.87. The predicted octanol–water partition coefficient (Wildman–Crippen LogP) is 4.82. The van der Waals surface area contributed by atoms with Crippen molar-refractivity contribution in [3.05, 3.63) is 70.7 Å². The van der Waals surface area contributed by atoms with Crippen LogP contribution in [0.25, 0.3) is 0 Å². The third-order valence-corrected chi connectivity index (χ3v) is 8.47. The van der Waals surface area contributed by atoms with Gasteiger partial charge in [-0.3, -0.25) is 14.5 Å². The van der Waals surface area contributed by atoms with E-state index in [1.54, 1.807) is 4.90 Å². The Hall–Kier alpha value is -2.44. The van der Waals surface area contributed by atoms with E-state index in [1.807, 2.05) is 24.3 Å². The summed E-state index contributed by atoms with van der Waals surface area (Å²) in [5.41, 5.74) is 2.37. The molecule has 1 aliphatic carbocycles. The topological polar surface area (TPSA) is 52.7 Å². The second-order valence-electron chi connectivity index (χ2n) is 10.2. The first-order valence-electron chi connectivity index (χ1n) is 12.7. The zero-order valence-electron chi connectivity index (χ0n) is 19.9. The number of halogens is 1. The number of nitrogens with one attached hydrogen (secondary N) is 1. The van der Waals surface area contributed by atoms with Gasteiger partial charge in [-0.25, -0.2) is 0 Å². The number of hydrogen-bond donors (Lipinski definition) is 1. The number of nitrogens with zero attached hydrogens (tertiary/aromatic N) is 2. The molecular formula is C28H32ClN3O2S. The van der Waals surface area contributed by atoms with Crippen LogP contribution in [0.4, 0.5) is 0 Å². The van der Waals surface area contributed by atoms with Crippen LogP contribution in [0.3, 0.4) is 0 Å². The zero-order valence-corrected chi connectivity index (χ0v) is 21.4. The van der Waals surface area contributed by atoms with Crippen LogP contribution < -0.4 is 5.32 Å². The number of amides is 2. The highest BCUT2D eigenvalue weighted by atomic mass is 35.5. The molecule has 3 fully saturated rings. The lowest BCUT2D eigenvalue weighted by Gasteiger charge is -2.44. The normalized spacial score (nSPS) is 25.2. The minimum absolute atomic E-state index is 0.0344. The van der Waals surface area contributed by atoms with Gasteiger partial charge in [0.2, 0.25) is 11.8 Å². The van der Waals surface area contributed by atoms with Crippen LogP contribution in [0.2, 0.25) is 5.02 Å². The van der Waals surface area contributed by atoms with Gasteiger partial charge in [-0.2, -0.15) is 0 Å². The van der Waals surface area contributed by atoms with Crippen molar-refractivity contribution in [2.45, 2.75) is 51.1 Å². The Kier molecular flexibility index (Phi) is 7.40. The molecule has 1 saturated carbocycles. The Balaban J connectivity index is 1.14. The Labute approximate surface area is 217 Å². The minimum Gasteiger partial charge on any atom is -0.359 e. The molecule has 2 heterocycles. The maximum absolute atomic E-state index is 13.3. The van der Waals surface area contributed by atoms with E-state index in [-0.39, 0.29) is 29.7 Å². The molecule has 1 N–H and O–H groups in total. The Morgan fingerprint density at radius 3 is 2.40 bits per heavy atom. The Bertz CT molecular complexity index is 1070. The van der Waals surface area contributed by atoms with Crippen molar-refractivity contribution in [3.8, 4) is 0 Å². The van der Waals surface area contributed by atoms with Crippen molar-refractivity contribution in [2.24, 2.45) is 17.8 Å².